The standard InChI is InChI=1S/C18H25F3N2O4S/c1-28(25,26)13-15-3-5-16(6-4-15)17(24)23-10-8-22(9-11-23)7-2-12-27-14-18(19,20)21/h3-6H,2,7-14H2,1H3. The van der Waals surface area contributed by atoms with E-state index in [1.165, 1.54) is 0 Å². The van der Waals surface area contributed by atoms with Gasteiger partial charge >= 0.3 is 6.18 Å². The van der Waals surface area contributed by atoms with Gasteiger partial charge in [0.25, 0.3) is 5.91 Å². The van der Waals surface area contributed by atoms with Gasteiger partial charge in [-0.15, -0.1) is 0 Å². The van der Waals surface area contributed by atoms with Crippen LogP contribution in [0.3, 0.4) is 0 Å². The Labute approximate surface area is 163 Å². The highest BCUT2D eigenvalue weighted by Crippen LogP contribution is 2.15. The first-order valence-electron chi connectivity index (χ1n) is 8.96. The molecule has 1 fully saturated rings. The van der Waals surface area contributed by atoms with E-state index in [4.69, 9.17) is 0 Å². The minimum atomic E-state index is -4.30. The third-order valence-corrected chi connectivity index (χ3v) is 5.18. The molecule has 1 aliphatic heterocycles. The molecule has 0 unspecified atom stereocenters. The van der Waals surface area contributed by atoms with Crippen molar-refractivity contribution in [2.75, 3.05) is 52.2 Å². The average Bonchev–Trinajstić information content (AvgIpc) is 2.60. The van der Waals surface area contributed by atoms with Crippen molar-refractivity contribution in [3.63, 3.8) is 0 Å². The summed E-state index contributed by atoms with van der Waals surface area (Å²) in [7, 11) is -3.12. The first kappa shape index (κ1) is 22.6. The van der Waals surface area contributed by atoms with Gasteiger partial charge in [0.15, 0.2) is 9.84 Å². The normalized spacial score (nSPS) is 16.4. The molecule has 0 bridgehead atoms. The number of piperazine rings is 1. The van der Waals surface area contributed by atoms with Gasteiger partial charge in [-0.05, 0) is 24.1 Å². The smallest absolute Gasteiger partial charge is 0.372 e. The quantitative estimate of drug-likeness (QED) is 0.599. The summed E-state index contributed by atoms with van der Waals surface area (Å²) in [6.45, 7) is 1.83. The summed E-state index contributed by atoms with van der Waals surface area (Å²) in [5, 5.41) is 0. The molecule has 28 heavy (non-hydrogen) atoms. The molecule has 1 aromatic rings. The van der Waals surface area contributed by atoms with Gasteiger partial charge in [0.2, 0.25) is 0 Å². The molecule has 0 aliphatic carbocycles. The molecule has 158 valence electrons. The van der Waals surface area contributed by atoms with Crippen molar-refractivity contribution in [2.45, 2.75) is 18.3 Å². The fourth-order valence-corrected chi connectivity index (χ4v) is 3.78. The molecule has 0 saturated carbocycles. The number of hydrogen-bond acceptors (Lipinski definition) is 5. The summed E-state index contributed by atoms with van der Waals surface area (Å²) < 4.78 is 63.2. The zero-order chi connectivity index (χ0) is 20.8. The molecular formula is C18H25F3N2O4S. The van der Waals surface area contributed by atoms with Crippen LogP contribution in [0.2, 0.25) is 0 Å². The van der Waals surface area contributed by atoms with Crippen molar-refractivity contribution < 1.29 is 31.1 Å². The Balaban J connectivity index is 1.73. The molecule has 1 aromatic carbocycles. The van der Waals surface area contributed by atoms with Crippen LogP contribution < -0.4 is 0 Å². The van der Waals surface area contributed by atoms with Crippen LogP contribution in [0.1, 0.15) is 22.3 Å². The monoisotopic (exact) mass is 422 g/mol. The number of carbonyl (C=O) groups excluding carboxylic acids is 1. The van der Waals surface area contributed by atoms with E-state index < -0.39 is 22.6 Å². The zero-order valence-corrected chi connectivity index (χ0v) is 16.6. The number of rotatable bonds is 8. The van der Waals surface area contributed by atoms with Crippen molar-refractivity contribution in [1.82, 2.24) is 9.80 Å². The third kappa shape index (κ3) is 8.15. The van der Waals surface area contributed by atoms with Gasteiger partial charge in [0.1, 0.15) is 6.61 Å². The van der Waals surface area contributed by atoms with Crippen LogP contribution in [0.4, 0.5) is 13.2 Å². The van der Waals surface area contributed by atoms with E-state index in [1.807, 2.05) is 0 Å². The summed E-state index contributed by atoms with van der Waals surface area (Å²) in [6, 6.07) is 6.55. The van der Waals surface area contributed by atoms with Crippen LogP contribution in [0.15, 0.2) is 24.3 Å². The lowest BCUT2D eigenvalue weighted by Crippen LogP contribution is -2.49. The predicted molar refractivity (Wildman–Crippen MR) is 98.8 cm³/mol. The predicted octanol–water partition coefficient (Wildman–Crippen LogP) is 1.96. The van der Waals surface area contributed by atoms with Crippen molar-refractivity contribution in [3.05, 3.63) is 35.4 Å². The molecular weight excluding hydrogens is 397 g/mol. The Kier molecular flexibility index (Phi) is 7.85. The fraction of sp³-hybridized carbons (Fsp3) is 0.611. The number of benzene rings is 1. The Morgan fingerprint density at radius 1 is 1.11 bits per heavy atom. The van der Waals surface area contributed by atoms with Crippen molar-refractivity contribution in [2.24, 2.45) is 0 Å². The minimum Gasteiger partial charge on any atom is -0.372 e. The number of sulfone groups is 1. The summed E-state index contributed by atoms with van der Waals surface area (Å²) in [5.41, 5.74) is 1.14. The van der Waals surface area contributed by atoms with Crippen molar-refractivity contribution in [1.29, 1.82) is 0 Å². The number of halogens is 3. The van der Waals surface area contributed by atoms with Gasteiger partial charge < -0.3 is 9.64 Å². The molecule has 10 heteroatoms. The van der Waals surface area contributed by atoms with Crippen LogP contribution in [0.5, 0.6) is 0 Å². The Morgan fingerprint density at radius 3 is 2.25 bits per heavy atom. The molecule has 6 nitrogen and oxygen atoms in total. The lowest BCUT2D eigenvalue weighted by molar-refractivity contribution is -0.174. The van der Waals surface area contributed by atoms with E-state index in [0.29, 0.717) is 50.3 Å². The SMILES string of the molecule is CS(=O)(=O)Cc1ccc(C(=O)N2CCN(CCCOCC(F)(F)F)CC2)cc1. The Bertz CT molecular complexity index is 743. The number of amides is 1. The molecule has 1 heterocycles. The largest absolute Gasteiger partial charge is 0.411 e. The van der Waals surface area contributed by atoms with Crippen LogP contribution in [0, 0.1) is 0 Å². The zero-order valence-electron chi connectivity index (χ0n) is 15.7. The Morgan fingerprint density at radius 2 is 1.71 bits per heavy atom. The molecule has 2 rings (SSSR count). The first-order chi connectivity index (χ1) is 13.0. The molecule has 0 spiro atoms. The van der Waals surface area contributed by atoms with E-state index >= 15 is 0 Å². The maximum Gasteiger partial charge on any atom is 0.411 e. The molecule has 0 atom stereocenters. The van der Waals surface area contributed by atoms with E-state index in [1.54, 1.807) is 29.2 Å². The van der Waals surface area contributed by atoms with Crippen LogP contribution in [0.25, 0.3) is 0 Å². The van der Waals surface area contributed by atoms with E-state index in [-0.39, 0.29) is 18.3 Å². The maximum atomic E-state index is 12.6. The number of carbonyl (C=O) groups is 1. The van der Waals surface area contributed by atoms with Crippen molar-refractivity contribution >= 4 is 15.7 Å². The summed E-state index contributed by atoms with van der Waals surface area (Å²) in [4.78, 5) is 16.4. The lowest BCUT2D eigenvalue weighted by Gasteiger charge is -2.34. The number of alkyl halides is 3. The van der Waals surface area contributed by atoms with Gasteiger partial charge in [0, 0.05) is 51.1 Å². The first-order valence-corrected chi connectivity index (χ1v) is 11.0. The summed E-state index contributed by atoms with van der Waals surface area (Å²) in [6.07, 6.45) is -2.63. The number of hydrogen-bond donors (Lipinski definition) is 0. The minimum absolute atomic E-state index is 0.0541. The molecule has 1 amide bonds. The van der Waals surface area contributed by atoms with Gasteiger partial charge in [-0.25, -0.2) is 8.42 Å². The maximum absolute atomic E-state index is 12.6. The van der Waals surface area contributed by atoms with Gasteiger partial charge in [-0.2, -0.15) is 13.2 Å². The Hall–Kier alpha value is -1.65. The topological polar surface area (TPSA) is 66.9 Å². The van der Waals surface area contributed by atoms with E-state index in [9.17, 15) is 26.4 Å². The number of nitrogens with zero attached hydrogens (tertiary/aromatic N) is 2. The fourth-order valence-electron chi connectivity index (χ4n) is 2.98. The van der Waals surface area contributed by atoms with E-state index in [2.05, 4.69) is 9.64 Å². The molecule has 0 aromatic heterocycles. The summed E-state index contributed by atoms with van der Waals surface area (Å²) >= 11 is 0. The van der Waals surface area contributed by atoms with Gasteiger partial charge in [-0.3, -0.25) is 9.69 Å². The van der Waals surface area contributed by atoms with Crippen LogP contribution in [-0.4, -0.2) is 82.5 Å². The summed E-state index contributed by atoms with van der Waals surface area (Å²) in [5.74, 6) is -0.175. The van der Waals surface area contributed by atoms with Crippen LogP contribution in [-0.2, 0) is 20.3 Å². The van der Waals surface area contributed by atoms with Gasteiger partial charge in [0.05, 0.1) is 5.75 Å². The second-order valence-corrected chi connectivity index (χ2v) is 9.06. The third-order valence-electron chi connectivity index (χ3n) is 4.32. The highest BCUT2D eigenvalue weighted by atomic mass is 32.2. The molecule has 1 aliphatic rings. The van der Waals surface area contributed by atoms with Crippen molar-refractivity contribution in [3.8, 4) is 0 Å². The van der Waals surface area contributed by atoms with Crippen LogP contribution >= 0.6 is 0 Å². The second-order valence-electron chi connectivity index (χ2n) is 6.92. The highest BCUT2D eigenvalue weighted by Gasteiger charge is 2.27. The second kappa shape index (κ2) is 9.71. The number of ether oxygens (including phenoxy) is 1. The molecule has 1 saturated heterocycles. The highest BCUT2D eigenvalue weighted by molar-refractivity contribution is 7.89. The molecule has 0 N–H and O–H groups in total. The lowest BCUT2D eigenvalue weighted by atomic mass is 10.1. The van der Waals surface area contributed by atoms with Gasteiger partial charge in [-0.1, -0.05) is 12.1 Å². The average molecular weight is 422 g/mol. The molecule has 0 radical (unpaired) electrons. The van der Waals surface area contributed by atoms with E-state index in [0.717, 1.165) is 6.26 Å².